The lowest BCUT2D eigenvalue weighted by Crippen LogP contribution is -2.50. The lowest BCUT2D eigenvalue weighted by atomic mass is 9.69. The molecule has 0 aromatic carbocycles. The van der Waals surface area contributed by atoms with Gasteiger partial charge in [-0.3, -0.25) is 14.4 Å². The molecule has 5 nitrogen and oxygen atoms in total. The summed E-state index contributed by atoms with van der Waals surface area (Å²) in [5, 5.41) is -0.0591. The number of carbonyl (C=O) groups excluding carboxylic acids is 3. The topological polar surface area (TPSA) is 69.7 Å². The Hall–Kier alpha value is -2.00. The zero-order valence-corrected chi connectivity index (χ0v) is 27.3. The normalized spacial score (nSPS) is 17.3. The van der Waals surface area contributed by atoms with Crippen molar-refractivity contribution >= 4 is 25.9 Å². The minimum Gasteiger partial charge on any atom is -0.454 e. The fourth-order valence-electron chi connectivity index (χ4n) is 4.02. The van der Waals surface area contributed by atoms with Gasteiger partial charge in [-0.15, -0.1) is 13.2 Å². The van der Waals surface area contributed by atoms with Crippen LogP contribution in [0.15, 0.2) is 37.0 Å². The Bertz CT molecular complexity index is 944. The number of halogens is 3. The molecule has 0 aliphatic rings. The van der Waals surface area contributed by atoms with Crippen molar-refractivity contribution in [1.29, 1.82) is 0 Å². The smallest absolute Gasteiger partial charge is 0.412 e. The molecule has 0 fully saturated rings. The minimum atomic E-state index is -4.58. The molecule has 0 radical (unpaired) electrons. The van der Waals surface area contributed by atoms with Gasteiger partial charge in [-0.25, -0.2) is 0 Å². The van der Waals surface area contributed by atoms with E-state index in [1.165, 1.54) is 0 Å². The molecule has 230 valence electrons. The average Bonchev–Trinajstić information content (AvgIpc) is 2.80. The number of Topliss-reactive ketones (excluding diaryl/α,β-unsaturated/α-hetero) is 2. The van der Waals surface area contributed by atoms with Gasteiger partial charge in [-0.1, -0.05) is 73.6 Å². The van der Waals surface area contributed by atoms with Crippen LogP contribution in [0.1, 0.15) is 81.6 Å². The van der Waals surface area contributed by atoms with E-state index in [2.05, 4.69) is 47.0 Å². The van der Waals surface area contributed by atoms with Crippen LogP contribution in [0.4, 0.5) is 13.2 Å². The SMILES string of the molecule is C=CC/C(=C\CC(OC(=O)C[C@H](C)C(C)(C)C(=O)[C@H](C)[C@@H](O[Si](C)(C)C(C)(C)C)[C@@H](C)C=C)C(C)=O)C(F)(F)F. The van der Waals surface area contributed by atoms with E-state index in [1.54, 1.807) is 26.8 Å². The van der Waals surface area contributed by atoms with Crippen LogP contribution >= 0.6 is 0 Å². The van der Waals surface area contributed by atoms with Crippen LogP contribution < -0.4 is 0 Å². The predicted molar refractivity (Wildman–Crippen MR) is 157 cm³/mol. The first-order valence-electron chi connectivity index (χ1n) is 13.9. The summed E-state index contributed by atoms with van der Waals surface area (Å²) in [7, 11) is -2.22. The van der Waals surface area contributed by atoms with E-state index < -0.39 is 74.1 Å². The summed E-state index contributed by atoms with van der Waals surface area (Å²) in [6, 6.07) is 0. The molecule has 1 unspecified atom stereocenters. The predicted octanol–water partition coefficient (Wildman–Crippen LogP) is 8.41. The number of allylic oxidation sites excluding steroid dienone is 2. The van der Waals surface area contributed by atoms with Crippen LogP contribution in [0.3, 0.4) is 0 Å². The van der Waals surface area contributed by atoms with Gasteiger partial charge in [0, 0.05) is 29.7 Å². The summed E-state index contributed by atoms with van der Waals surface area (Å²) in [4.78, 5) is 38.7. The summed E-state index contributed by atoms with van der Waals surface area (Å²) in [5.74, 6) is -2.44. The lowest BCUT2D eigenvalue weighted by molar-refractivity contribution is -0.156. The molecule has 0 saturated carbocycles. The van der Waals surface area contributed by atoms with Crippen molar-refractivity contribution in [1.82, 2.24) is 0 Å². The summed E-state index contributed by atoms with van der Waals surface area (Å²) in [6.07, 6.45) is -3.55. The van der Waals surface area contributed by atoms with Crippen LogP contribution in [-0.4, -0.2) is 44.2 Å². The maximum absolute atomic E-state index is 13.8. The largest absolute Gasteiger partial charge is 0.454 e. The Kier molecular flexibility index (Phi) is 14.0. The number of rotatable bonds is 16. The van der Waals surface area contributed by atoms with Crippen molar-refractivity contribution in [3.63, 3.8) is 0 Å². The van der Waals surface area contributed by atoms with Crippen LogP contribution in [-0.2, 0) is 23.5 Å². The van der Waals surface area contributed by atoms with Gasteiger partial charge in [0.25, 0.3) is 0 Å². The third-order valence-corrected chi connectivity index (χ3v) is 12.9. The number of hydrogen-bond donors (Lipinski definition) is 0. The molecule has 0 spiro atoms. The highest BCUT2D eigenvalue weighted by atomic mass is 28.4. The van der Waals surface area contributed by atoms with Crippen LogP contribution in [0.5, 0.6) is 0 Å². The summed E-state index contributed by atoms with van der Waals surface area (Å²) in [6.45, 7) is 28.1. The Labute approximate surface area is 240 Å². The van der Waals surface area contributed by atoms with E-state index in [1.807, 2.05) is 13.8 Å². The maximum atomic E-state index is 13.8. The summed E-state index contributed by atoms with van der Waals surface area (Å²) >= 11 is 0. The number of esters is 1. The third kappa shape index (κ3) is 10.8. The number of carbonyl (C=O) groups is 3. The molecule has 0 heterocycles. The van der Waals surface area contributed by atoms with Crippen LogP contribution in [0, 0.1) is 23.2 Å². The molecular formula is C31H51F3O5Si. The average molecular weight is 589 g/mol. The van der Waals surface area contributed by atoms with Gasteiger partial charge < -0.3 is 9.16 Å². The van der Waals surface area contributed by atoms with E-state index in [0.717, 1.165) is 19.1 Å². The monoisotopic (exact) mass is 588 g/mol. The molecule has 9 heteroatoms. The van der Waals surface area contributed by atoms with Gasteiger partial charge in [0.05, 0.1) is 6.10 Å². The maximum Gasteiger partial charge on any atom is 0.412 e. The van der Waals surface area contributed by atoms with Crippen molar-refractivity contribution in [2.45, 2.75) is 118 Å². The van der Waals surface area contributed by atoms with Crippen molar-refractivity contribution in [2.75, 3.05) is 0 Å². The Morgan fingerprint density at radius 3 is 1.90 bits per heavy atom. The first-order valence-corrected chi connectivity index (χ1v) is 16.8. The minimum absolute atomic E-state index is 0.0591. The molecule has 0 aromatic rings. The second-order valence-electron chi connectivity index (χ2n) is 13.0. The summed E-state index contributed by atoms with van der Waals surface area (Å²) in [5.41, 5.74) is -1.81. The van der Waals surface area contributed by atoms with Gasteiger partial charge in [0.2, 0.25) is 0 Å². The standard InChI is InChI=1S/C31H51F3O5Si/c1-14-16-24(31(32,33)34)17-18-25(23(6)35)38-26(36)19-21(4)30(10,11)28(37)22(5)27(20(3)15-2)39-40(12,13)29(7,8)9/h14-15,17,20-22,25,27H,1-2,16,18-19H2,3-13H3/b24-17+/t20-,21-,22+,25?,27-/m0/s1. The van der Waals surface area contributed by atoms with E-state index in [4.69, 9.17) is 9.16 Å². The number of hydrogen-bond acceptors (Lipinski definition) is 5. The Balaban J connectivity index is 5.75. The van der Waals surface area contributed by atoms with E-state index >= 15 is 0 Å². The third-order valence-electron chi connectivity index (χ3n) is 8.41. The molecule has 40 heavy (non-hydrogen) atoms. The quantitative estimate of drug-likeness (QED) is 0.103. The van der Waals surface area contributed by atoms with Gasteiger partial charge in [0.1, 0.15) is 5.78 Å². The first-order chi connectivity index (χ1) is 17.9. The molecule has 0 aliphatic heterocycles. The molecule has 0 aliphatic carbocycles. The molecule has 0 rings (SSSR count). The van der Waals surface area contributed by atoms with E-state index in [9.17, 15) is 27.6 Å². The highest BCUT2D eigenvalue weighted by molar-refractivity contribution is 6.74. The lowest BCUT2D eigenvalue weighted by Gasteiger charge is -2.43. The summed E-state index contributed by atoms with van der Waals surface area (Å²) < 4.78 is 51.6. The second kappa shape index (κ2) is 14.8. The number of ketones is 2. The van der Waals surface area contributed by atoms with Crippen LogP contribution in [0.25, 0.3) is 0 Å². The van der Waals surface area contributed by atoms with Gasteiger partial charge in [0.15, 0.2) is 20.2 Å². The molecule has 0 amide bonds. The second-order valence-corrected chi connectivity index (χ2v) is 17.7. The van der Waals surface area contributed by atoms with Crippen molar-refractivity contribution < 1.29 is 36.7 Å². The van der Waals surface area contributed by atoms with Crippen molar-refractivity contribution in [3.05, 3.63) is 37.0 Å². The molecule has 5 atom stereocenters. The zero-order valence-electron chi connectivity index (χ0n) is 26.3. The molecule has 0 saturated heterocycles. The van der Waals surface area contributed by atoms with Gasteiger partial charge >= 0.3 is 12.1 Å². The molecular weight excluding hydrogens is 537 g/mol. The van der Waals surface area contributed by atoms with Gasteiger partial charge in [-0.05, 0) is 43.3 Å². The number of alkyl halides is 3. The zero-order chi connectivity index (χ0) is 31.9. The van der Waals surface area contributed by atoms with Gasteiger partial charge in [-0.2, -0.15) is 13.2 Å². The highest BCUT2D eigenvalue weighted by Crippen LogP contribution is 2.41. The Morgan fingerprint density at radius 2 is 1.50 bits per heavy atom. The Morgan fingerprint density at radius 1 is 0.975 bits per heavy atom. The molecule has 0 N–H and O–H groups in total. The van der Waals surface area contributed by atoms with E-state index in [0.29, 0.717) is 0 Å². The van der Waals surface area contributed by atoms with Crippen molar-refractivity contribution in [3.8, 4) is 0 Å². The van der Waals surface area contributed by atoms with E-state index in [-0.39, 0.29) is 23.2 Å². The van der Waals surface area contributed by atoms with Crippen molar-refractivity contribution in [2.24, 2.45) is 23.2 Å². The first kappa shape index (κ1) is 38.0. The highest BCUT2D eigenvalue weighted by Gasteiger charge is 2.45. The molecule has 0 aromatic heterocycles. The fourth-order valence-corrected chi connectivity index (χ4v) is 5.48. The molecule has 0 bridgehead atoms. The fraction of sp³-hybridized carbons (Fsp3) is 0.710. The van der Waals surface area contributed by atoms with Crippen LogP contribution in [0.2, 0.25) is 18.1 Å². The number of ether oxygens (including phenoxy) is 1.